The molecule has 0 heteroatoms. The maximum Gasteiger partial charge on any atom is -0.0168 e. The molecule has 0 aromatic heterocycles. The van der Waals surface area contributed by atoms with Gasteiger partial charge >= 0.3 is 0 Å². The molecule has 0 saturated heterocycles. The van der Waals surface area contributed by atoms with Gasteiger partial charge in [-0.3, -0.25) is 0 Å². The molecule has 0 amide bonds. The Kier molecular flexibility index (Phi) is 9.45. The van der Waals surface area contributed by atoms with E-state index in [9.17, 15) is 0 Å². The molecule has 0 fully saturated rings. The van der Waals surface area contributed by atoms with Crippen LogP contribution in [-0.2, 0) is 0 Å². The summed E-state index contributed by atoms with van der Waals surface area (Å²) in [6.07, 6.45) is 12.8. The van der Waals surface area contributed by atoms with Crippen molar-refractivity contribution >= 4 is 0 Å². The van der Waals surface area contributed by atoms with Crippen LogP contribution in [0, 0.1) is 5.92 Å². The van der Waals surface area contributed by atoms with Crippen LogP contribution in [-0.4, -0.2) is 0 Å². The molecule has 0 rings (SSSR count). The van der Waals surface area contributed by atoms with E-state index < -0.39 is 0 Å². The molecule has 0 aliphatic rings. The van der Waals surface area contributed by atoms with Crippen LogP contribution in [0.4, 0.5) is 0 Å². The van der Waals surface area contributed by atoms with Crippen LogP contribution < -0.4 is 0 Å². The van der Waals surface area contributed by atoms with Crippen molar-refractivity contribution in [3.63, 3.8) is 0 Å². The Hall–Kier alpha value is -1.56. The number of allylic oxidation sites excluding steroid dienone is 8. The fraction of sp³-hybridized carbons (Fsp3) is 0.400. The molecule has 0 radical (unpaired) electrons. The van der Waals surface area contributed by atoms with Crippen molar-refractivity contribution in [2.24, 2.45) is 5.92 Å². The van der Waals surface area contributed by atoms with Gasteiger partial charge < -0.3 is 0 Å². The summed E-state index contributed by atoms with van der Waals surface area (Å²) in [5, 5.41) is 0. The molecule has 0 nitrogen and oxygen atoms in total. The summed E-state index contributed by atoms with van der Waals surface area (Å²) >= 11 is 0. The Bertz CT molecular complexity index is 409. The van der Waals surface area contributed by atoms with Crippen LogP contribution in [0.25, 0.3) is 0 Å². The predicted octanol–water partition coefficient (Wildman–Crippen LogP) is 6.56. The molecule has 0 aliphatic carbocycles. The molecule has 0 aliphatic heterocycles. The van der Waals surface area contributed by atoms with Gasteiger partial charge in [-0.05, 0) is 36.8 Å². The quantitative estimate of drug-likeness (QED) is 0.394. The standard InChI is InChI=1S/C20H30/c1-8-10-20(11-9-2)19(7)15-14-18(6)17(5)13-12-16(3)4/h12-15,20H,3,5-11H2,1-2,4H3/b13-12-,15-14-. The molecule has 0 N–H and O–H groups in total. The van der Waals surface area contributed by atoms with E-state index in [1.54, 1.807) is 0 Å². The molecular formula is C20H30. The van der Waals surface area contributed by atoms with Crippen molar-refractivity contribution in [1.29, 1.82) is 0 Å². The van der Waals surface area contributed by atoms with Gasteiger partial charge in [-0.15, -0.1) is 0 Å². The fourth-order valence-electron chi connectivity index (χ4n) is 2.01. The van der Waals surface area contributed by atoms with Gasteiger partial charge in [0.2, 0.25) is 0 Å². The van der Waals surface area contributed by atoms with Crippen LogP contribution in [0.2, 0.25) is 0 Å². The van der Waals surface area contributed by atoms with Gasteiger partial charge in [0.05, 0.1) is 0 Å². The summed E-state index contributed by atoms with van der Waals surface area (Å²) < 4.78 is 0. The highest BCUT2D eigenvalue weighted by Gasteiger charge is 2.08. The van der Waals surface area contributed by atoms with Crippen molar-refractivity contribution in [2.75, 3.05) is 0 Å². The van der Waals surface area contributed by atoms with E-state index in [0.29, 0.717) is 5.92 Å². The Morgan fingerprint density at radius 3 is 1.65 bits per heavy atom. The number of hydrogen-bond donors (Lipinski definition) is 0. The highest BCUT2D eigenvalue weighted by Crippen LogP contribution is 2.23. The lowest BCUT2D eigenvalue weighted by Crippen LogP contribution is -2.01. The topological polar surface area (TPSA) is 0 Å². The highest BCUT2D eigenvalue weighted by molar-refractivity contribution is 5.45. The third kappa shape index (κ3) is 7.78. The third-order valence-electron chi connectivity index (χ3n) is 3.28. The second kappa shape index (κ2) is 10.3. The Morgan fingerprint density at radius 2 is 1.25 bits per heavy atom. The first-order valence-electron chi connectivity index (χ1n) is 7.50. The molecule has 20 heavy (non-hydrogen) atoms. The van der Waals surface area contributed by atoms with Crippen molar-refractivity contribution in [2.45, 2.75) is 46.5 Å². The normalized spacial score (nSPS) is 11.4. The van der Waals surface area contributed by atoms with Crippen LogP contribution in [0.3, 0.4) is 0 Å². The van der Waals surface area contributed by atoms with Crippen molar-refractivity contribution in [3.8, 4) is 0 Å². The van der Waals surface area contributed by atoms with E-state index in [4.69, 9.17) is 0 Å². The average molecular weight is 270 g/mol. The Labute approximate surface area is 126 Å². The van der Waals surface area contributed by atoms with E-state index in [2.05, 4.69) is 46.2 Å². The zero-order valence-electron chi connectivity index (χ0n) is 13.5. The first kappa shape index (κ1) is 18.4. The van der Waals surface area contributed by atoms with E-state index in [1.807, 2.05) is 25.2 Å². The summed E-state index contributed by atoms with van der Waals surface area (Å²) in [6.45, 7) is 22.5. The monoisotopic (exact) mass is 270 g/mol. The van der Waals surface area contributed by atoms with Gasteiger partial charge in [0.25, 0.3) is 0 Å². The SMILES string of the molecule is C=C(C)/C=C\C(=C)C(=C)/C=C\C(=C)C(CCC)CCC. The molecule has 0 aromatic rings. The summed E-state index contributed by atoms with van der Waals surface area (Å²) in [6, 6.07) is 0. The first-order chi connectivity index (χ1) is 9.42. The molecule has 110 valence electrons. The highest BCUT2D eigenvalue weighted by atomic mass is 14.1. The molecule has 0 heterocycles. The maximum absolute atomic E-state index is 4.21. The molecule has 0 saturated carbocycles. The van der Waals surface area contributed by atoms with Gasteiger partial charge in [-0.2, -0.15) is 0 Å². The van der Waals surface area contributed by atoms with Crippen molar-refractivity contribution in [3.05, 3.63) is 72.9 Å². The summed E-state index contributed by atoms with van der Waals surface area (Å²) in [5.41, 5.74) is 4.06. The lowest BCUT2D eigenvalue weighted by Gasteiger charge is -2.15. The van der Waals surface area contributed by atoms with Crippen molar-refractivity contribution in [1.82, 2.24) is 0 Å². The predicted molar refractivity (Wildman–Crippen MR) is 93.8 cm³/mol. The smallest absolute Gasteiger partial charge is 0.0168 e. The van der Waals surface area contributed by atoms with E-state index in [-0.39, 0.29) is 0 Å². The minimum Gasteiger partial charge on any atom is -0.0961 e. The van der Waals surface area contributed by atoms with Gasteiger partial charge in [-0.1, -0.05) is 88.5 Å². The van der Waals surface area contributed by atoms with Crippen molar-refractivity contribution < 1.29 is 0 Å². The summed E-state index contributed by atoms with van der Waals surface area (Å²) in [7, 11) is 0. The number of hydrogen-bond acceptors (Lipinski definition) is 0. The third-order valence-corrected chi connectivity index (χ3v) is 3.28. The molecule has 0 atom stereocenters. The Morgan fingerprint density at radius 1 is 0.800 bits per heavy atom. The van der Waals surface area contributed by atoms with Crippen LogP contribution in [0.1, 0.15) is 46.5 Å². The lowest BCUT2D eigenvalue weighted by molar-refractivity contribution is 0.514. The van der Waals surface area contributed by atoms with E-state index >= 15 is 0 Å². The largest absolute Gasteiger partial charge is 0.0961 e. The molecule has 0 bridgehead atoms. The first-order valence-corrected chi connectivity index (χ1v) is 7.50. The van der Waals surface area contributed by atoms with Crippen LogP contribution in [0.5, 0.6) is 0 Å². The zero-order chi connectivity index (χ0) is 15.5. The molecule has 0 unspecified atom stereocenters. The average Bonchev–Trinajstić information content (AvgIpc) is 2.41. The fourth-order valence-corrected chi connectivity index (χ4v) is 2.01. The Balaban J connectivity index is 4.59. The van der Waals surface area contributed by atoms with Gasteiger partial charge in [0.1, 0.15) is 0 Å². The van der Waals surface area contributed by atoms with E-state index in [0.717, 1.165) is 16.7 Å². The maximum atomic E-state index is 4.21. The van der Waals surface area contributed by atoms with Crippen LogP contribution >= 0.6 is 0 Å². The second-order valence-electron chi connectivity index (χ2n) is 5.41. The lowest BCUT2D eigenvalue weighted by atomic mass is 9.90. The summed E-state index contributed by atoms with van der Waals surface area (Å²) in [4.78, 5) is 0. The molecule has 0 spiro atoms. The van der Waals surface area contributed by atoms with Gasteiger partial charge in [0, 0.05) is 0 Å². The number of rotatable bonds is 10. The van der Waals surface area contributed by atoms with E-state index in [1.165, 1.54) is 31.3 Å². The van der Waals surface area contributed by atoms with Crippen LogP contribution in [0.15, 0.2) is 72.9 Å². The van der Waals surface area contributed by atoms with Gasteiger partial charge in [-0.25, -0.2) is 0 Å². The van der Waals surface area contributed by atoms with Gasteiger partial charge in [0.15, 0.2) is 0 Å². The minimum atomic E-state index is 0.591. The zero-order valence-corrected chi connectivity index (χ0v) is 13.5. The summed E-state index contributed by atoms with van der Waals surface area (Å²) in [5.74, 6) is 0.591. The second-order valence-corrected chi connectivity index (χ2v) is 5.41. The molecular weight excluding hydrogens is 240 g/mol. The minimum absolute atomic E-state index is 0.591. The molecule has 0 aromatic carbocycles.